The fraction of sp³-hybridized carbons (Fsp3) is 0.833. The second kappa shape index (κ2) is 5.75. The van der Waals surface area contributed by atoms with Gasteiger partial charge in [-0.05, 0) is 6.42 Å². The van der Waals surface area contributed by atoms with Gasteiger partial charge in [-0.1, -0.05) is 0 Å². The summed E-state index contributed by atoms with van der Waals surface area (Å²) in [5.74, 6) is -0.487. The average Bonchev–Trinajstić information content (AvgIpc) is 2.70. The fourth-order valence-electron chi connectivity index (χ4n) is 3.58. The zero-order chi connectivity index (χ0) is 17.8. The maximum Gasteiger partial charge on any atom is 0.418 e. The number of hydroxylamine groups is 3. The Kier molecular flexibility index (Phi) is 3.90. The number of fused-ring (bicyclic) bond motifs is 3. The monoisotopic (exact) mass is 378 g/mol. The van der Waals surface area contributed by atoms with Crippen LogP contribution in [0.25, 0.3) is 0 Å². The molecule has 2 atom stereocenters. The summed E-state index contributed by atoms with van der Waals surface area (Å²) >= 11 is 0. The van der Waals surface area contributed by atoms with Gasteiger partial charge in [0.2, 0.25) is 0 Å². The Morgan fingerprint density at radius 3 is 2.64 bits per heavy atom. The predicted molar refractivity (Wildman–Crippen MR) is 77.9 cm³/mol. The first-order valence-corrected chi connectivity index (χ1v) is 9.16. The number of urea groups is 1. The number of hydrogen-bond acceptors (Lipinski definition) is 8. The van der Waals surface area contributed by atoms with Crippen molar-refractivity contribution in [3.63, 3.8) is 0 Å². The third-order valence-corrected chi connectivity index (χ3v) is 5.45. The first kappa shape index (κ1) is 16.9. The molecule has 3 N–H and O–H groups in total. The van der Waals surface area contributed by atoms with Gasteiger partial charge in [0.15, 0.2) is 0 Å². The van der Waals surface area contributed by atoms with E-state index in [0.717, 1.165) is 0 Å². The lowest BCUT2D eigenvalue weighted by molar-refractivity contribution is -0.194. The molecule has 4 heterocycles. The highest BCUT2D eigenvalue weighted by Gasteiger charge is 2.63. The molecule has 140 valence electrons. The third-order valence-electron chi connectivity index (χ3n) is 5.10. The molecule has 4 fully saturated rings. The van der Waals surface area contributed by atoms with Crippen molar-refractivity contribution in [3.05, 3.63) is 0 Å². The van der Waals surface area contributed by atoms with Gasteiger partial charge in [-0.15, -0.1) is 4.28 Å². The maximum absolute atomic E-state index is 12.5. The highest BCUT2D eigenvalue weighted by molar-refractivity contribution is 7.80. The molecule has 3 amide bonds. The van der Waals surface area contributed by atoms with E-state index in [9.17, 15) is 18.0 Å². The Morgan fingerprint density at radius 2 is 2.12 bits per heavy atom. The molecule has 25 heavy (non-hydrogen) atoms. The zero-order valence-corrected chi connectivity index (χ0v) is 13.9. The van der Waals surface area contributed by atoms with Crippen molar-refractivity contribution in [2.24, 2.45) is 5.41 Å². The van der Waals surface area contributed by atoms with E-state index in [1.165, 1.54) is 4.90 Å². The van der Waals surface area contributed by atoms with Crippen LogP contribution in [0.5, 0.6) is 0 Å². The van der Waals surface area contributed by atoms with Gasteiger partial charge in [-0.25, -0.2) is 10.3 Å². The molecular weight excluding hydrogens is 360 g/mol. The van der Waals surface area contributed by atoms with Gasteiger partial charge in [0.1, 0.15) is 12.1 Å². The SMILES string of the molecule is O=C(NOC1CNC1)[C@@H]1CC2(COC2)[C@@H]2CN1C(=O)N2OS(=O)(=O)O. The van der Waals surface area contributed by atoms with Crippen molar-refractivity contribution >= 4 is 22.3 Å². The lowest BCUT2D eigenvalue weighted by Crippen LogP contribution is -2.63. The maximum atomic E-state index is 12.5. The Bertz CT molecular complexity index is 691. The number of carbonyl (C=O) groups excluding carboxylic acids is 2. The largest absolute Gasteiger partial charge is 0.418 e. The van der Waals surface area contributed by atoms with Gasteiger partial charge in [0.05, 0.1) is 19.3 Å². The molecular formula is C12H18N4O8S. The van der Waals surface area contributed by atoms with Gasteiger partial charge in [0.25, 0.3) is 5.91 Å². The second-order valence-corrected chi connectivity index (χ2v) is 7.72. The van der Waals surface area contributed by atoms with E-state index in [4.69, 9.17) is 14.1 Å². The molecule has 12 nitrogen and oxygen atoms in total. The predicted octanol–water partition coefficient (Wildman–Crippen LogP) is -2.36. The lowest BCUT2D eigenvalue weighted by atomic mass is 9.71. The topological polar surface area (TPSA) is 147 Å². The average molecular weight is 378 g/mol. The van der Waals surface area contributed by atoms with Crippen LogP contribution in [0.4, 0.5) is 4.79 Å². The highest BCUT2D eigenvalue weighted by Crippen LogP contribution is 2.47. The minimum Gasteiger partial charge on any atom is -0.380 e. The zero-order valence-electron chi connectivity index (χ0n) is 13.1. The van der Waals surface area contributed by atoms with E-state index in [-0.39, 0.29) is 32.3 Å². The molecule has 4 rings (SSSR count). The van der Waals surface area contributed by atoms with Crippen molar-refractivity contribution < 1.29 is 36.4 Å². The molecule has 0 radical (unpaired) electrons. The van der Waals surface area contributed by atoms with E-state index in [0.29, 0.717) is 18.2 Å². The molecule has 4 aliphatic heterocycles. The van der Waals surface area contributed by atoms with Crippen molar-refractivity contribution in [2.45, 2.75) is 24.6 Å². The Labute approximate surface area is 143 Å². The van der Waals surface area contributed by atoms with Crippen LogP contribution in [-0.4, -0.2) is 85.9 Å². The van der Waals surface area contributed by atoms with E-state index < -0.39 is 39.8 Å². The van der Waals surface area contributed by atoms with Gasteiger partial charge < -0.3 is 15.0 Å². The molecule has 13 heteroatoms. The summed E-state index contributed by atoms with van der Waals surface area (Å²) in [5, 5.41) is 3.62. The van der Waals surface area contributed by atoms with Crippen molar-refractivity contribution in [3.8, 4) is 0 Å². The van der Waals surface area contributed by atoms with Crippen LogP contribution in [0, 0.1) is 5.41 Å². The summed E-state index contributed by atoms with van der Waals surface area (Å²) in [7, 11) is -4.86. The normalized spacial score (nSPS) is 31.0. The van der Waals surface area contributed by atoms with E-state index >= 15 is 0 Å². The molecule has 0 aromatic rings. The van der Waals surface area contributed by atoms with Crippen molar-refractivity contribution in [1.82, 2.24) is 20.8 Å². The number of amides is 3. The molecule has 0 saturated carbocycles. The van der Waals surface area contributed by atoms with Crippen LogP contribution in [0.2, 0.25) is 0 Å². The van der Waals surface area contributed by atoms with Gasteiger partial charge in [-0.3, -0.25) is 14.2 Å². The Balaban J connectivity index is 1.53. The van der Waals surface area contributed by atoms with Gasteiger partial charge in [0, 0.05) is 25.0 Å². The molecule has 4 aliphatic rings. The summed E-state index contributed by atoms with van der Waals surface area (Å²) in [6.07, 6.45) is 0.169. The minimum absolute atomic E-state index is 0.0980. The first-order chi connectivity index (χ1) is 11.8. The Hall–Kier alpha value is -1.51. The summed E-state index contributed by atoms with van der Waals surface area (Å²) in [4.78, 5) is 31.4. The molecule has 0 aromatic heterocycles. The molecule has 2 bridgehead atoms. The smallest absolute Gasteiger partial charge is 0.380 e. The van der Waals surface area contributed by atoms with Crippen LogP contribution < -0.4 is 10.8 Å². The standard InChI is InChI=1S/C12H18N4O8S/c17-10(14-23-7-2-13-3-7)8-1-12(5-22-6-12)9-4-15(8)11(18)16(9)24-25(19,20)21/h7-9,13H,1-6H2,(H,14,17)(H,19,20,21)/t8-,9-/m0/s1. The number of rotatable bonds is 5. The number of nitrogens with zero attached hydrogens (tertiary/aromatic N) is 2. The summed E-state index contributed by atoms with van der Waals surface area (Å²) in [6, 6.07) is -2.26. The van der Waals surface area contributed by atoms with Gasteiger partial charge >= 0.3 is 16.4 Å². The number of hydrogen-bond donors (Lipinski definition) is 3. The second-order valence-electron chi connectivity index (χ2n) is 6.72. The summed E-state index contributed by atoms with van der Waals surface area (Å²) in [6.45, 7) is 1.89. The quantitative estimate of drug-likeness (QED) is 0.353. The van der Waals surface area contributed by atoms with Crippen LogP contribution in [0.15, 0.2) is 0 Å². The minimum atomic E-state index is -4.86. The highest BCUT2D eigenvalue weighted by atomic mass is 32.3. The van der Waals surface area contributed by atoms with Crippen molar-refractivity contribution in [1.29, 1.82) is 0 Å². The van der Waals surface area contributed by atoms with Crippen LogP contribution >= 0.6 is 0 Å². The number of ether oxygens (including phenoxy) is 1. The first-order valence-electron chi connectivity index (χ1n) is 7.80. The van der Waals surface area contributed by atoms with Gasteiger partial charge in [-0.2, -0.15) is 13.5 Å². The number of nitrogens with one attached hydrogen (secondary N) is 2. The lowest BCUT2D eigenvalue weighted by Gasteiger charge is -2.50. The Morgan fingerprint density at radius 1 is 1.40 bits per heavy atom. The number of piperidine rings is 1. The fourth-order valence-corrected chi connectivity index (χ4v) is 3.95. The molecule has 0 unspecified atom stereocenters. The molecule has 4 saturated heterocycles. The summed E-state index contributed by atoms with van der Waals surface area (Å²) < 4.78 is 40.7. The number of carbonyl (C=O) groups is 2. The van der Waals surface area contributed by atoms with Crippen LogP contribution in [0.3, 0.4) is 0 Å². The molecule has 0 aromatic carbocycles. The van der Waals surface area contributed by atoms with E-state index in [1.54, 1.807) is 0 Å². The van der Waals surface area contributed by atoms with Crippen molar-refractivity contribution in [2.75, 3.05) is 32.8 Å². The van der Waals surface area contributed by atoms with E-state index in [1.807, 2.05) is 0 Å². The molecule has 1 spiro atoms. The molecule has 0 aliphatic carbocycles. The van der Waals surface area contributed by atoms with Crippen LogP contribution in [0.1, 0.15) is 6.42 Å². The van der Waals surface area contributed by atoms with Crippen LogP contribution in [-0.2, 0) is 29.1 Å². The summed E-state index contributed by atoms with van der Waals surface area (Å²) in [5.41, 5.74) is 1.76. The van der Waals surface area contributed by atoms with E-state index in [2.05, 4.69) is 15.1 Å². The third kappa shape index (κ3) is 2.86.